The van der Waals surface area contributed by atoms with Crippen molar-refractivity contribution in [3.05, 3.63) is 22.3 Å². The fourth-order valence-corrected chi connectivity index (χ4v) is 2.33. The first-order chi connectivity index (χ1) is 7.20. The minimum Gasteiger partial charge on any atom is -0.500 e. The maximum Gasteiger partial charge on any atom is 0.102 e. The first-order valence-electron chi connectivity index (χ1n) is 5.05. The number of thioether (sulfide) groups is 2. The molecule has 0 N–H and O–H groups in total. The number of ether oxygens (including phenoxy) is 2. The van der Waals surface area contributed by atoms with Crippen molar-refractivity contribution >= 4 is 23.5 Å². The molecule has 0 saturated carbocycles. The van der Waals surface area contributed by atoms with Crippen LogP contribution in [0, 0.1) is 0 Å². The monoisotopic (exact) mass is 246 g/mol. The maximum absolute atomic E-state index is 5.25. The molecule has 2 heterocycles. The van der Waals surface area contributed by atoms with Gasteiger partial charge in [0.1, 0.15) is 5.76 Å². The van der Waals surface area contributed by atoms with Crippen LogP contribution in [0.2, 0.25) is 0 Å². The Labute approximate surface area is 100 Å². The van der Waals surface area contributed by atoms with E-state index in [2.05, 4.69) is 13.8 Å². The van der Waals surface area contributed by atoms with E-state index >= 15 is 0 Å². The highest BCUT2D eigenvalue weighted by Crippen LogP contribution is 2.23. The lowest BCUT2D eigenvalue weighted by atomic mass is 10.5. The Morgan fingerprint density at radius 1 is 1.40 bits per heavy atom. The summed E-state index contributed by atoms with van der Waals surface area (Å²) in [5.74, 6) is 2.21. The molecule has 0 radical (unpaired) electrons. The Morgan fingerprint density at radius 3 is 2.53 bits per heavy atom. The van der Waals surface area contributed by atoms with Crippen LogP contribution in [0.25, 0.3) is 0 Å². The van der Waals surface area contributed by atoms with Gasteiger partial charge in [-0.25, -0.2) is 0 Å². The summed E-state index contributed by atoms with van der Waals surface area (Å²) in [6.07, 6.45) is 1.74. The summed E-state index contributed by atoms with van der Waals surface area (Å²) in [7, 11) is 0. The van der Waals surface area contributed by atoms with Gasteiger partial charge in [0.25, 0.3) is 0 Å². The van der Waals surface area contributed by atoms with Crippen molar-refractivity contribution in [3.8, 4) is 0 Å². The first kappa shape index (κ1) is 12.8. The molecule has 86 valence electrons. The van der Waals surface area contributed by atoms with Gasteiger partial charge in [0.05, 0.1) is 19.5 Å². The van der Waals surface area contributed by atoms with E-state index in [-0.39, 0.29) is 0 Å². The average Bonchev–Trinajstić information content (AvgIpc) is 2.25. The molecule has 0 aromatic rings. The molecule has 0 saturated heterocycles. The van der Waals surface area contributed by atoms with Crippen molar-refractivity contribution in [1.82, 2.24) is 0 Å². The summed E-state index contributed by atoms with van der Waals surface area (Å²) < 4.78 is 10.2. The van der Waals surface area contributed by atoms with E-state index in [1.54, 1.807) is 6.26 Å². The van der Waals surface area contributed by atoms with Gasteiger partial charge in [-0.2, -0.15) is 0 Å². The van der Waals surface area contributed by atoms with Crippen molar-refractivity contribution in [1.29, 1.82) is 0 Å². The molecule has 2 aliphatic rings. The topological polar surface area (TPSA) is 18.5 Å². The molecule has 0 aromatic carbocycles. The Bertz CT molecular complexity index is 235. The molecule has 0 amide bonds. The highest BCUT2D eigenvalue weighted by Gasteiger charge is 2.04. The standard InChI is InChI=1S/C6H10OS.C5H8OS/c1-5-6(2)8-4-3-7-5;1-5-4-6-2-3-7-5/h3-4H2,1-2H3;2-3,5H,4H2,1H3. The van der Waals surface area contributed by atoms with Gasteiger partial charge in [0.2, 0.25) is 0 Å². The molecule has 1 atom stereocenters. The van der Waals surface area contributed by atoms with Crippen molar-refractivity contribution in [2.24, 2.45) is 0 Å². The highest BCUT2D eigenvalue weighted by molar-refractivity contribution is 8.03. The van der Waals surface area contributed by atoms with E-state index in [1.807, 2.05) is 35.9 Å². The lowest BCUT2D eigenvalue weighted by Gasteiger charge is -2.14. The second-order valence-electron chi connectivity index (χ2n) is 3.36. The van der Waals surface area contributed by atoms with E-state index in [0.717, 1.165) is 24.7 Å². The Kier molecular flexibility index (Phi) is 6.10. The Hall–Kier alpha value is -0.220. The predicted octanol–water partition coefficient (Wildman–Crippen LogP) is 3.61. The van der Waals surface area contributed by atoms with Crippen molar-refractivity contribution in [3.63, 3.8) is 0 Å². The van der Waals surface area contributed by atoms with Gasteiger partial charge in [0, 0.05) is 21.3 Å². The van der Waals surface area contributed by atoms with Crippen LogP contribution < -0.4 is 0 Å². The largest absolute Gasteiger partial charge is 0.500 e. The molecule has 1 unspecified atom stereocenters. The van der Waals surface area contributed by atoms with Crippen molar-refractivity contribution in [2.45, 2.75) is 26.0 Å². The fraction of sp³-hybridized carbons (Fsp3) is 0.636. The van der Waals surface area contributed by atoms with Crippen LogP contribution in [0.4, 0.5) is 0 Å². The Balaban J connectivity index is 0.000000151. The van der Waals surface area contributed by atoms with Gasteiger partial charge in [-0.05, 0) is 20.8 Å². The van der Waals surface area contributed by atoms with Gasteiger partial charge >= 0.3 is 0 Å². The van der Waals surface area contributed by atoms with Crippen LogP contribution in [0.15, 0.2) is 22.3 Å². The lowest BCUT2D eigenvalue weighted by molar-refractivity contribution is 0.229. The second kappa shape index (κ2) is 7.12. The lowest BCUT2D eigenvalue weighted by Crippen LogP contribution is -2.06. The summed E-state index contributed by atoms with van der Waals surface area (Å²) in [6.45, 7) is 8.00. The molecule has 0 fully saturated rings. The molecule has 15 heavy (non-hydrogen) atoms. The normalized spacial score (nSPS) is 24.9. The first-order valence-corrected chi connectivity index (χ1v) is 6.98. The quantitative estimate of drug-likeness (QED) is 0.649. The van der Waals surface area contributed by atoms with Crippen LogP contribution in [-0.2, 0) is 9.47 Å². The summed E-state index contributed by atoms with van der Waals surface area (Å²) in [5.41, 5.74) is 0. The number of hydrogen-bond donors (Lipinski definition) is 0. The zero-order chi connectivity index (χ0) is 11.1. The van der Waals surface area contributed by atoms with E-state index in [1.165, 1.54) is 4.91 Å². The third-order valence-corrected chi connectivity index (χ3v) is 3.97. The van der Waals surface area contributed by atoms with Crippen LogP contribution in [0.5, 0.6) is 0 Å². The van der Waals surface area contributed by atoms with Gasteiger partial charge in [0.15, 0.2) is 0 Å². The molecule has 2 rings (SSSR count). The molecular formula is C11H18O2S2. The third-order valence-electron chi connectivity index (χ3n) is 2.01. The van der Waals surface area contributed by atoms with Crippen LogP contribution in [-0.4, -0.2) is 24.2 Å². The molecule has 4 heteroatoms. The SMILES string of the molecule is CC1=C(C)SCCO1.CC1COC=CS1. The molecule has 0 aromatic heterocycles. The average molecular weight is 246 g/mol. The van der Waals surface area contributed by atoms with Crippen molar-refractivity contribution in [2.75, 3.05) is 19.0 Å². The van der Waals surface area contributed by atoms with E-state index in [0.29, 0.717) is 5.25 Å². The van der Waals surface area contributed by atoms with E-state index in [9.17, 15) is 0 Å². The number of allylic oxidation sites excluding steroid dienone is 2. The summed E-state index contributed by atoms with van der Waals surface area (Å²) >= 11 is 3.69. The number of hydrogen-bond acceptors (Lipinski definition) is 4. The van der Waals surface area contributed by atoms with E-state index < -0.39 is 0 Å². The predicted molar refractivity (Wildman–Crippen MR) is 68.9 cm³/mol. The smallest absolute Gasteiger partial charge is 0.102 e. The summed E-state index contributed by atoms with van der Waals surface area (Å²) in [4.78, 5) is 1.33. The number of rotatable bonds is 0. The van der Waals surface area contributed by atoms with Crippen LogP contribution in [0.3, 0.4) is 0 Å². The maximum atomic E-state index is 5.25. The van der Waals surface area contributed by atoms with Crippen molar-refractivity contribution < 1.29 is 9.47 Å². The minimum atomic E-state index is 0.644. The minimum absolute atomic E-state index is 0.644. The molecule has 0 aliphatic carbocycles. The third kappa shape index (κ3) is 5.42. The van der Waals surface area contributed by atoms with Gasteiger partial charge in [-0.1, -0.05) is 0 Å². The summed E-state index contributed by atoms with van der Waals surface area (Å²) in [5, 5.41) is 2.62. The molecule has 2 aliphatic heterocycles. The van der Waals surface area contributed by atoms with Crippen LogP contribution >= 0.6 is 23.5 Å². The molecular weight excluding hydrogens is 228 g/mol. The molecule has 2 nitrogen and oxygen atoms in total. The second-order valence-corrected chi connectivity index (χ2v) is 6.02. The zero-order valence-electron chi connectivity index (χ0n) is 9.49. The Morgan fingerprint density at radius 2 is 2.20 bits per heavy atom. The van der Waals surface area contributed by atoms with Crippen LogP contribution in [0.1, 0.15) is 20.8 Å². The highest BCUT2D eigenvalue weighted by atomic mass is 32.2. The zero-order valence-corrected chi connectivity index (χ0v) is 11.1. The summed E-state index contributed by atoms with van der Waals surface area (Å²) in [6, 6.07) is 0. The van der Waals surface area contributed by atoms with Gasteiger partial charge < -0.3 is 9.47 Å². The molecule has 0 spiro atoms. The fourth-order valence-electron chi connectivity index (χ4n) is 1.03. The van der Waals surface area contributed by atoms with Gasteiger partial charge in [-0.15, -0.1) is 23.5 Å². The van der Waals surface area contributed by atoms with E-state index in [4.69, 9.17) is 9.47 Å². The molecule has 0 bridgehead atoms. The van der Waals surface area contributed by atoms with Gasteiger partial charge in [-0.3, -0.25) is 0 Å².